The van der Waals surface area contributed by atoms with E-state index in [1.807, 2.05) is 43.6 Å². The van der Waals surface area contributed by atoms with Crippen LogP contribution in [0.25, 0.3) is 10.9 Å². The van der Waals surface area contributed by atoms with Crippen LogP contribution in [-0.4, -0.2) is 14.8 Å². The summed E-state index contributed by atoms with van der Waals surface area (Å²) < 4.78 is 1.76. The highest BCUT2D eigenvalue weighted by atomic mass is 15.2. The lowest BCUT2D eigenvalue weighted by molar-refractivity contribution is 0.765. The van der Waals surface area contributed by atoms with Gasteiger partial charge in [0.05, 0.1) is 17.8 Å². The Hall–Kier alpha value is -2.20. The van der Waals surface area contributed by atoms with E-state index >= 15 is 0 Å². The molecule has 0 fully saturated rings. The average Bonchev–Trinajstić information content (AvgIpc) is 2.84. The van der Waals surface area contributed by atoms with Crippen molar-refractivity contribution in [2.75, 3.05) is 0 Å². The number of nitrogens with zero attached hydrogens (tertiary/aromatic N) is 3. The van der Waals surface area contributed by atoms with Gasteiger partial charge in [0, 0.05) is 30.4 Å². The van der Waals surface area contributed by atoms with Crippen LogP contribution in [0.4, 0.5) is 0 Å². The van der Waals surface area contributed by atoms with E-state index in [0.717, 1.165) is 22.0 Å². The maximum Gasteiger partial charge on any atom is 0.0705 e. The van der Waals surface area contributed by atoms with E-state index in [1.165, 1.54) is 0 Å². The van der Waals surface area contributed by atoms with Gasteiger partial charge in [-0.2, -0.15) is 5.10 Å². The van der Waals surface area contributed by atoms with E-state index in [4.69, 9.17) is 5.73 Å². The van der Waals surface area contributed by atoms with Gasteiger partial charge in [0.1, 0.15) is 0 Å². The Morgan fingerprint density at radius 1 is 1.22 bits per heavy atom. The summed E-state index contributed by atoms with van der Waals surface area (Å²) in [4.78, 5) is 4.35. The van der Waals surface area contributed by atoms with Crippen molar-refractivity contribution < 1.29 is 0 Å². The minimum atomic E-state index is -0.162. The largest absolute Gasteiger partial charge is 0.320 e. The average molecular weight is 238 g/mol. The summed E-state index contributed by atoms with van der Waals surface area (Å²) in [7, 11) is 1.89. The number of rotatable bonds is 2. The summed E-state index contributed by atoms with van der Waals surface area (Å²) in [6.45, 7) is 0. The molecule has 4 nitrogen and oxygen atoms in total. The van der Waals surface area contributed by atoms with Crippen LogP contribution < -0.4 is 5.73 Å². The molecule has 0 spiro atoms. The Labute approximate surface area is 105 Å². The van der Waals surface area contributed by atoms with Gasteiger partial charge in [-0.25, -0.2) is 0 Å². The number of pyridine rings is 1. The van der Waals surface area contributed by atoms with Crippen molar-refractivity contribution in [3.63, 3.8) is 0 Å². The Bertz CT molecular complexity index is 687. The number of hydrogen-bond donors (Lipinski definition) is 1. The van der Waals surface area contributed by atoms with Crippen LogP contribution in [0.5, 0.6) is 0 Å². The Morgan fingerprint density at radius 3 is 2.89 bits per heavy atom. The van der Waals surface area contributed by atoms with Gasteiger partial charge in [0.2, 0.25) is 0 Å². The first kappa shape index (κ1) is 10.9. The van der Waals surface area contributed by atoms with Crippen LogP contribution >= 0.6 is 0 Å². The minimum Gasteiger partial charge on any atom is -0.320 e. The molecule has 0 aliphatic heterocycles. The maximum atomic E-state index is 6.24. The molecule has 3 rings (SSSR count). The summed E-state index contributed by atoms with van der Waals surface area (Å²) in [6, 6.07) is 9.94. The van der Waals surface area contributed by atoms with Crippen molar-refractivity contribution in [2.45, 2.75) is 6.04 Å². The predicted octanol–water partition coefficient (Wildman–Crippen LogP) is 2.02. The van der Waals surface area contributed by atoms with Crippen LogP contribution in [0.1, 0.15) is 17.2 Å². The first-order chi connectivity index (χ1) is 8.74. The third-order valence-electron chi connectivity index (χ3n) is 3.07. The van der Waals surface area contributed by atoms with E-state index in [9.17, 15) is 0 Å². The second-order valence-corrected chi connectivity index (χ2v) is 4.38. The quantitative estimate of drug-likeness (QED) is 0.743. The molecule has 3 aromatic rings. The third kappa shape index (κ3) is 1.87. The van der Waals surface area contributed by atoms with Gasteiger partial charge in [-0.1, -0.05) is 18.2 Å². The molecule has 0 aliphatic rings. The van der Waals surface area contributed by atoms with Crippen LogP contribution in [0, 0.1) is 0 Å². The molecule has 90 valence electrons. The lowest BCUT2D eigenvalue weighted by Gasteiger charge is -2.10. The molecule has 0 amide bonds. The summed E-state index contributed by atoms with van der Waals surface area (Å²) in [6.07, 6.45) is 5.53. The molecule has 4 heteroatoms. The molecule has 1 atom stereocenters. The zero-order chi connectivity index (χ0) is 12.5. The highest BCUT2D eigenvalue weighted by Gasteiger charge is 2.11. The second-order valence-electron chi connectivity index (χ2n) is 4.38. The highest BCUT2D eigenvalue weighted by molar-refractivity contribution is 5.79. The Kier molecular flexibility index (Phi) is 2.57. The number of aryl methyl sites for hydroxylation is 1. The fourth-order valence-electron chi connectivity index (χ4n) is 2.07. The number of benzene rings is 1. The minimum absolute atomic E-state index is 0.162. The predicted molar refractivity (Wildman–Crippen MR) is 71.0 cm³/mol. The van der Waals surface area contributed by atoms with E-state index in [2.05, 4.69) is 10.1 Å². The summed E-state index contributed by atoms with van der Waals surface area (Å²) in [5, 5.41) is 5.27. The Balaban J connectivity index is 2.03. The van der Waals surface area contributed by atoms with Crippen LogP contribution in [0.3, 0.4) is 0 Å². The van der Waals surface area contributed by atoms with Crippen molar-refractivity contribution in [2.24, 2.45) is 12.8 Å². The van der Waals surface area contributed by atoms with Crippen molar-refractivity contribution in [3.8, 4) is 0 Å². The maximum absolute atomic E-state index is 6.24. The molecular weight excluding hydrogens is 224 g/mol. The van der Waals surface area contributed by atoms with Gasteiger partial charge < -0.3 is 5.73 Å². The van der Waals surface area contributed by atoms with Gasteiger partial charge in [-0.3, -0.25) is 9.67 Å². The second kappa shape index (κ2) is 4.23. The molecule has 1 aromatic carbocycles. The number of fused-ring (bicyclic) bond motifs is 1. The summed E-state index contributed by atoms with van der Waals surface area (Å²) in [5.41, 5.74) is 9.26. The topological polar surface area (TPSA) is 56.7 Å². The zero-order valence-electron chi connectivity index (χ0n) is 10.1. The standard InChI is InChI=1S/C14H14N4/c1-18-9-12(8-17-18)14(15)11-5-4-10-3-2-6-16-13(10)7-11/h2-9,14H,15H2,1H3. The molecule has 0 saturated heterocycles. The van der Waals surface area contributed by atoms with Crippen molar-refractivity contribution >= 4 is 10.9 Å². The lowest BCUT2D eigenvalue weighted by Crippen LogP contribution is -2.11. The first-order valence-corrected chi connectivity index (χ1v) is 5.83. The normalized spacial score (nSPS) is 12.8. The number of hydrogen-bond acceptors (Lipinski definition) is 3. The monoisotopic (exact) mass is 238 g/mol. The van der Waals surface area contributed by atoms with E-state index < -0.39 is 0 Å². The van der Waals surface area contributed by atoms with Gasteiger partial charge in [-0.05, 0) is 17.7 Å². The van der Waals surface area contributed by atoms with E-state index in [-0.39, 0.29) is 6.04 Å². The zero-order valence-corrected chi connectivity index (χ0v) is 10.1. The van der Waals surface area contributed by atoms with Crippen molar-refractivity contribution in [1.82, 2.24) is 14.8 Å². The Morgan fingerprint density at radius 2 is 2.11 bits per heavy atom. The molecule has 1 unspecified atom stereocenters. The van der Waals surface area contributed by atoms with Crippen molar-refractivity contribution in [1.29, 1.82) is 0 Å². The third-order valence-corrected chi connectivity index (χ3v) is 3.07. The molecule has 0 aliphatic carbocycles. The summed E-state index contributed by atoms with van der Waals surface area (Å²) >= 11 is 0. The molecule has 0 saturated carbocycles. The van der Waals surface area contributed by atoms with Crippen LogP contribution in [-0.2, 0) is 7.05 Å². The molecular formula is C14H14N4. The fraction of sp³-hybridized carbons (Fsp3) is 0.143. The molecule has 2 heterocycles. The molecule has 0 bridgehead atoms. The van der Waals surface area contributed by atoms with Crippen LogP contribution in [0.15, 0.2) is 48.9 Å². The fourth-order valence-corrected chi connectivity index (χ4v) is 2.07. The van der Waals surface area contributed by atoms with Gasteiger partial charge >= 0.3 is 0 Å². The molecule has 0 radical (unpaired) electrons. The molecule has 18 heavy (non-hydrogen) atoms. The molecule has 2 aromatic heterocycles. The van der Waals surface area contributed by atoms with Crippen LogP contribution in [0.2, 0.25) is 0 Å². The van der Waals surface area contributed by atoms with Crippen molar-refractivity contribution in [3.05, 3.63) is 60.0 Å². The van der Waals surface area contributed by atoms with E-state index in [0.29, 0.717) is 0 Å². The van der Waals surface area contributed by atoms with Gasteiger partial charge in [0.25, 0.3) is 0 Å². The first-order valence-electron chi connectivity index (χ1n) is 5.83. The number of aromatic nitrogens is 3. The SMILES string of the molecule is Cn1cc(C(N)c2ccc3cccnc3c2)cn1. The molecule has 2 N–H and O–H groups in total. The lowest BCUT2D eigenvalue weighted by atomic mass is 10.0. The highest BCUT2D eigenvalue weighted by Crippen LogP contribution is 2.22. The number of nitrogens with two attached hydrogens (primary N) is 1. The van der Waals surface area contributed by atoms with Gasteiger partial charge in [0.15, 0.2) is 0 Å². The van der Waals surface area contributed by atoms with Gasteiger partial charge in [-0.15, -0.1) is 0 Å². The summed E-state index contributed by atoms with van der Waals surface area (Å²) in [5.74, 6) is 0. The smallest absolute Gasteiger partial charge is 0.0705 e. The van der Waals surface area contributed by atoms with E-state index in [1.54, 1.807) is 17.1 Å².